The summed E-state index contributed by atoms with van der Waals surface area (Å²) in [6.07, 6.45) is 1.27. The minimum absolute atomic E-state index is 0.339. The second-order valence-corrected chi connectivity index (χ2v) is 6.60. The second kappa shape index (κ2) is 4.34. The van der Waals surface area contributed by atoms with Gasteiger partial charge in [-0.2, -0.15) is 0 Å². The molecule has 2 aliphatic rings. The fraction of sp³-hybridized carbons (Fsp3) is 0.667. The standard InChI is InChI=1S/C18H27N/c1-6-12(3)18-16-11-9-8-10-15(16)13(4)14(5)17(18)19(18)7-2/h8-14,17H,6-7H2,1-5H3. The maximum absolute atomic E-state index is 2.76. The number of hydrogen-bond acceptors (Lipinski definition) is 1. The molecule has 0 radical (unpaired) electrons. The second-order valence-electron chi connectivity index (χ2n) is 6.60. The van der Waals surface area contributed by atoms with Gasteiger partial charge in [0.1, 0.15) is 0 Å². The molecular weight excluding hydrogens is 230 g/mol. The first-order valence-electron chi connectivity index (χ1n) is 7.96. The molecule has 0 spiro atoms. The first-order chi connectivity index (χ1) is 9.10. The lowest BCUT2D eigenvalue weighted by Crippen LogP contribution is -2.33. The summed E-state index contributed by atoms with van der Waals surface area (Å²) in [7, 11) is 0. The van der Waals surface area contributed by atoms with E-state index in [0.29, 0.717) is 11.5 Å². The summed E-state index contributed by atoms with van der Waals surface area (Å²) in [4.78, 5) is 2.76. The van der Waals surface area contributed by atoms with Crippen molar-refractivity contribution in [2.75, 3.05) is 6.54 Å². The van der Waals surface area contributed by atoms with Gasteiger partial charge in [-0.3, -0.25) is 4.90 Å². The van der Waals surface area contributed by atoms with E-state index in [1.54, 1.807) is 11.1 Å². The topological polar surface area (TPSA) is 3.01 Å². The third kappa shape index (κ3) is 1.45. The van der Waals surface area contributed by atoms with Crippen LogP contribution in [0.1, 0.15) is 58.1 Å². The Kier molecular flexibility index (Phi) is 3.01. The van der Waals surface area contributed by atoms with Crippen LogP contribution in [0.25, 0.3) is 0 Å². The SMILES string of the molecule is CCC(C)C12c3ccccc3C(C)C(C)C1N2CC. The van der Waals surface area contributed by atoms with Gasteiger partial charge in [0.05, 0.1) is 5.54 Å². The molecule has 0 aromatic heterocycles. The van der Waals surface area contributed by atoms with Crippen molar-refractivity contribution >= 4 is 0 Å². The van der Waals surface area contributed by atoms with E-state index in [-0.39, 0.29) is 0 Å². The summed E-state index contributed by atoms with van der Waals surface area (Å²) in [6.45, 7) is 13.2. The highest BCUT2D eigenvalue weighted by atomic mass is 15.4. The molecule has 0 saturated carbocycles. The largest absolute Gasteiger partial charge is 0.287 e. The maximum atomic E-state index is 2.76. The summed E-state index contributed by atoms with van der Waals surface area (Å²) in [5, 5.41) is 0. The molecule has 0 amide bonds. The molecule has 104 valence electrons. The van der Waals surface area contributed by atoms with E-state index in [0.717, 1.165) is 17.9 Å². The highest BCUT2D eigenvalue weighted by Crippen LogP contribution is 2.64. The molecule has 1 aromatic rings. The predicted molar refractivity (Wildman–Crippen MR) is 81.3 cm³/mol. The van der Waals surface area contributed by atoms with E-state index in [1.165, 1.54) is 13.0 Å². The number of hydrogen-bond donors (Lipinski definition) is 0. The van der Waals surface area contributed by atoms with Crippen LogP contribution in [0.5, 0.6) is 0 Å². The summed E-state index contributed by atoms with van der Waals surface area (Å²) in [5.41, 5.74) is 3.57. The van der Waals surface area contributed by atoms with E-state index in [4.69, 9.17) is 0 Å². The van der Waals surface area contributed by atoms with E-state index < -0.39 is 0 Å². The third-order valence-electron chi connectivity index (χ3n) is 6.07. The zero-order valence-corrected chi connectivity index (χ0v) is 13.0. The van der Waals surface area contributed by atoms with Crippen LogP contribution in [-0.4, -0.2) is 17.5 Å². The minimum atomic E-state index is 0.339. The Morgan fingerprint density at radius 1 is 1.21 bits per heavy atom. The van der Waals surface area contributed by atoms with Crippen molar-refractivity contribution in [2.45, 2.75) is 58.5 Å². The summed E-state index contributed by atoms with van der Waals surface area (Å²) >= 11 is 0. The zero-order chi connectivity index (χ0) is 13.8. The van der Waals surface area contributed by atoms with Gasteiger partial charge in [-0.05, 0) is 35.4 Å². The minimum Gasteiger partial charge on any atom is -0.287 e. The normalized spacial score (nSPS) is 41.3. The molecule has 1 heteroatoms. The van der Waals surface area contributed by atoms with Crippen molar-refractivity contribution in [1.29, 1.82) is 0 Å². The van der Waals surface area contributed by atoms with Gasteiger partial charge in [-0.25, -0.2) is 0 Å². The molecule has 3 rings (SSSR count). The fourth-order valence-electron chi connectivity index (χ4n) is 4.81. The van der Waals surface area contributed by atoms with Crippen LogP contribution < -0.4 is 0 Å². The Morgan fingerprint density at radius 2 is 1.89 bits per heavy atom. The summed E-state index contributed by atoms with van der Waals surface area (Å²) < 4.78 is 0. The Bertz CT molecular complexity index is 480. The number of rotatable bonds is 3. The van der Waals surface area contributed by atoms with E-state index in [2.05, 4.69) is 63.8 Å². The van der Waals surface area contributed by atoms with E-state index >= 15 is 0 Å². The van der Waals surface area contributed by atoms with Gasteiger partial charge in [0, 0.05) is 6.04 Å². The lowest BCUT2D eigenvalue weighted by atomic mass is 9.67. The lowest BCUT2D eigenvalue weighted by Gasteiger charge is -2.35. The third-order valence-corrected chi connectivity index (χ3v) is 6.07. The smallest absolute Gasteiger partial charge is 0.0652 e. The van der Waals surface area contributed by atoms with Crippen molar-refractivity contribution in [3.8, 4) is 0 Å². The van der Waals surface area contributed by atoms with Gasteiger partial charge in [-0.15, -0.1) is 0 Å². The molecular formula is C18H27N. The van der Waals surface area contributed by atoms with E-state index in [9.17, 15) is 0 Å². The lowest BCUT2D eigenvalue weighted by molar-refractivity contribution is 0.304. The fourth-order valence-corrected chi connectivity index (χ4v) is 4.81. The van der Waals surface area contributed by atoms with Crippen LogP contribution in [-0.2, 0) is 5.54 Å². The molecule has 0 N–H and O–H groups in total. The molecule has 1 aliphatic carbocycles. The molecule has 0 bridgehead atoms. The summed E-state index contributed by atoms with van der Waals surface area (Å²) in [6, 6.07) is 9.97. The van der Waals surface area contributed by atoms with Gasteiger partial charge >= 0.3 is 0 Å². The highest BCUT2D eigenvalue weighted by Gasteiger charge is 2.69. The van der Waals surface area contributed by atoms with Crippen molar-refractivity contribution in [3.63, 3.8) is 0 Å². The first-order valence-corrected chi connectivity index (χ1v) is 7.96. The molecule has 1 saturated heterocycles. The average molecular weight is 257 g/mol. The van der Waals surface area contributed by atoms with Crippen LogP contribution in [0.15, 0.2) is 24.3 Å². The van der Waals surface area contributed by atoms with Crippen molar-refractivity contribution in [1.82, 2.24) is 4.90 Å². The Balaban J connectivity index is 2.18. The molecule has 19 heavy (non-hydrogen) atoms. The molecule has 1 heterocycles. The van der Waals surface area contributed by atoms with Gasteiger partial charge in [0.25, 0.3) is 0 Å². The number of nitrogens with zero attached hydrogens (tertiary/aromatic N) is 1. The average Bonchev–Trinajstić information content (AvgIpc) is 3.14. The molecule has 6 atom stereocenters. The van der Waals surface area contributed by atoms with E-state index in [1.807, 2.05) is 0 Å². The Morgan fingerprint density at radius 3 is 2.53 bits per heavy atom. The monoisotopic (exact) mass is 257 g/mol. The number of likely N-dealkylation sites (N-methyl/N-ethyl adjacent to an activating group) is 1. The highest BCUT2D eigenvalue weighted by molar-refractivity contribution is 5.48. The predicted octanol–water partition coefficient (Wildman–Crippen LogP) is 4.39. The quantitative estimate of drug-likeness (QED) is 0.726. The van der Waals surface area contributed by atoms with Crippen molar-refractivity contribution in [2.24, 2.45) is 11.8 Å². The van der Waals surface area contributed by atoms with Crippen LogP contribution in [0, 0.1) is 11.8 Å². The Hall–Kier alpha value is -0.820. The van der Waals surface area contributed by atoms with Crippen molar-refractivity contribution in [3.05, 3.63) is 35.4 Å². The van der Waals surface area contributed by atoms with Crippen LogP contribution >= 0.6 is 0 Å². The van der Waals surface area contributed by atoms with Gasteiger partial charge in [0.15, 0.2) is 0 Å². The number of benzene rings is 1. The van der Waals surface area contributed by atoms with Crippen LogP contribution in [0.3, 0.4) is 0 Å². The molecule has 1 aromatic carbocycles. The van der Waals surface area contributed by atoms with Crippen LogP contribution in [0.2, 0.25) is 0 Å². The van der Waals surface area contributed by atoms with Gasteiger partial charge < -0.3 is 0 Å². The van der Waals surface area contributed by atoms with Crippen molar-refractivity contribution < 1.29 is 0 Å². The molecule has 6 unspecified atom stereocenters. The Labute approximate surface area is 118 Å². The molecule has 1 nitrogen and oxygen atoms in total. The summed E-state index contributed by atoms with van der Waals surface area (Å²) in [5.74, 6) is 2.20. The zero-order valence-electron chi connectivity index (χ0n) is 13.0. The van der Waals surface area contributed by atoms with Crippen LogP contribution in [0.4, 0.5) is 0 Å². The molecule has 1 aliphatic heterocycles. The van der Waals surface area contributed by atoms with Gasteiger partial charge in [-0.1, -0.05) is 65.3 Å². The molecule has 1 fully saturated rings. The number of fused-ring (bicyclic) bond motifs is 3. The maximum Gasteiger partial charge on any atom is 0.0652 e. The van der Waals surface area contributed by atoms with Gasteiger partial charge in [0.2, 0.25) is 0 Å². The first kappa shape index (κ1) is 13.2.